The molecule has 1 heterocycles. The van der Waals surface area contributed by atoms with Gasteiger partial charge in [-0.25, -0.2) is 0 Å². The van der Waals surface area contributed by atoms with E-state index in [0.29, 0.717) is 34.0 Å². The number of carbonyl (C=O) groups is 1. The number of fused-ring (bicyclic) bond motifs is 1. The van der Waals surface area contributed by atoms with Crippen LogP contribution in [0.25, 0.3) is 10.9 Å². The van der Waals surface area contributed by atoms with Crippen molar-refractivity contribution in [3.8, 4) is 17.2 Å². The fraction of sp³-hybridized carbons (Fsp3) is 0.238. The molecule has 0 fully saturated rings. The molecule has 2 N–H and O–H groups in total. The number of pyridine rings is 1. The van der Waals surface area contributed by atoms with Crippen molar-refractivity contribution in [3.63, 3.8) is 0 Å². The van der Waals surface area contributed by atoms with Crippen molar-refractivity contribution in [2.45, 2.75) is 13.3 Å². The van der Waals surface area contributed by atoms with Crippen LogP contribution in [0.1, 0.15) is 22.8 Å². The third kappa shape index (κ3) is 3.64. The van der Waals surface area contributed by atoms with E-state index in [2.05, 4.69) is 10.3 Å². The summed E-state index contributed by atoms with van der Waals surface area (Å²) < 4.78 is 15.9. The van der Waals surface area contributed by atoms with Crippen LogP contribution in [0.2, 0.25) is 0 Å². The van der Waals surface area contributed by atoms with Crippen LogP contribution in [-0.4, -0.2) is 32.2 Å². The Morgan fingerprint density at radius 1 is 1.00 bits per heavy atom. The molecule has 0 unspecified atom stereocenters. The molecule has 0 saturated carbocycles. The molecule has 7 nitrogen and oxygen atoms in total. The maximum absolute atomic E-state index is 12.7. The molecule has 1 amide bonds. The molecule has 2 aromatic carbocycles. The Labute approximate surface area is 162 Å². The number of carbonyl (C=O) groups excluding carboxylic acids is 1. The van der Waals surface area contributed by atoms with E-state index < -0.39 is 0 Å². The first kappa shape index (κ1) is 19.3. The number of aryl methyl sites for hydroxylation is 1. The molecule has 0 radical (unpaired) electrons. The molecular weight excluding hydrogens is 360 g/mol. The lowest BCUT2D eigenvalue weighted by Crippen LogP contribution is -2.13. The van der Waals surface area contributed by atoms with Gasteiger partial charge < -0.3 is 24.5 Å². The number of H-pyrrole nitrogens is 1. The zero-order chi connectivity index (χ0) is 20.3. The van der Waals surface area contributed by atoms with E-state index in [1.807, 2.05) is 13.0 Å². The Morgan fingerprint density at radius 2 is 1.68 bits per heavy atom. The van der Waals surface area contributed by atoms with Crippen molar-refractivity contribution in [2.75, 3.05) is 26.6 Å². The lowest BCUT2D eigenvalue weighted by Gasteiger charge is -2.14. The van der Waals surface area contributed by atoms with Gasteiger partial charge in [-0.15, -0.1) is 0 Å². The van der Waals surface area contributed by atoms with Gasteiger partial charge >= 0.3 is 0 Å². The number of hydrogen-bond donors (Lipinski definition) is 2. The lowest BCUT2D eigenvalue weighted by atomic mass is 10.1. The average molecular weight is 382 g/mol. The molecule has 0 bridgehead atoms. The molecule has 146 valence electrons. The first-order valence-electron chi connectivity index (χ1n) is 8.78. The Hall–Kier alpha value is -3.48. The summed E-state index contributed by atoms with van der Waals surface area (Å²) in [6, 6.07) is 10.2. The summed E-state index contributed by atoms with van der Waals surface area (Å²) in [4.78, 5) is 27.4. The van der Waals surface area contributed by atoms with Gasteiger partial charge in [-0.05, 0) is 36.2 Å². The van der Waals surface area contributed by atoms with Crippen molar-refractivity contribution in [3.05, 3.63) is 57.9 Å². The molecule has 7 heteroatoms. The Balaban J connectivity index is 1.96. The van der Waals surface area contributed by atoms with Gasteiger partial charge in [0, 0.05) is 22.7 Å². The summed E-state index contributed by atoms with van der Waals surface area (Å²) >= 11 is 0. The number of aromatic nitrogens is 1. The van der Waals surface area contributed by atoms with Gasteiger partial charge in [0.05, 0.1) is 26.8 Å². The second-order valence-corrected chi connectivity index (χ2v) is 6.14. The third-order valence-corrected chi connectivity index (χ3v) is 4.49. The van der Waals surface area contributed by atoms with Gasteiger partial charge in [0.1, 0.15) is 0 Å². The van der Waals surface area contributed by atoms with Crippen molar-refractivity contribution in [1.82, 2.24) is 4.98 Å². The van der Waals surface area contributed by atoms with Crippen LogP contribution in [0, 0.1) is 0 Å². The zero-order valence-corrected chi connectivity index (χ0v) is 16.2. The second-order valence-electron chi connectivity index (χ2n) is 6.14. The van der Waals surface area contributed by atoms with E-state index in [1.165, 1.54) is 21.3 Å². The number of anilines is 1. The predicted octanol–water partition coefficient (Wildman–Crippen LogP) is 3.37. The maximum Gasteiger partial charge on any atom is 0.255 e. The number of hydrogen-bond acceptors (Lipinski definition) is 5. The molecule has 0 aliphatic heterocycles. The number of amides is 1. The molecule has 0 atom stereocenters. The quantitative estimate of drug-likeness (QED) is 0.682. The monoisotopic (exact) mass is 382 g/mol. The number of ether oxygens (including phenoxy) is 3. The number of aromatic amines is 1. The molecule has 0 aliphatic carbocycles. The Bertz CT molecular complexity index is 1060. The van der Waals surface area contributed by atoms with Gasteiger partial charge in [0.15, 0.2) is 11.5 Å². The smallest absolute Gasteiger partial charge is 0.255 e. The van der Waals surface area contributed by atoms with Crippen molar-refractivity contribution < 1.29 is 19.0 Å². The van der Waals surface area contributed by atoms with Gasteiger partial charge in [0.25, 0.3) is 5.91 Å². The molecule has 1 aromatic heterocycles. The minimum atomic E-state index is -0.340. The number of benzene rings is 2. The van der Waals surface area contributed by atoms with E-state index in [1.54, 1.807) is 30.3 Å². The Kier molecular flexibility index (Phi) is 5.54. The van der Waals surface area contributed by atoms with E-state index in [0.717, 1.165) is 17.4 Å². The fourth-order valence-electron chi connectivity index (χ4n) is 3.12. The van der Waals surface area contributed by atoms with E-state index in [9.17, 15) is 9.59 Å². The van der Waals surface area contributed by atoms with E-state index in [-0.39, 0.29) is 11.5 Å². The molecule has 3 aromatic rings. The van der Waals surface area contributed by atoms with Gasteiger partial charge in [-0.3, -0.25) is 9.59 Å². The first-order chi connectivity index (χ1) is 13.5. The molecule has 0 aliphatic rings. The van der Waals surface area contributed by atoms with Crippen LogP contribution in [0.4, 0.5) is 5.69 Å². The summed E-state index contributed by atoms with van der Waals surface area (Å²) in [5.74, 6) is 0.856. The topological polar surface area (TPSA) is 89.7 Å². The van der Waals surface area contributed by atoms with Crippen LogP contribution < -0.4 is 25.1 Å². The third-order valence-electron chi connectivity index (χ3n) is 4.49. The number of rotatable bonds is 6. The fourth-order valence-corrected chi connectivity index (χ4v) is 3.12. The summed E-state index contributed by atoms with van der Waals surface area (Å²) in [7, 11) is 4.48. The molecule has 0 saturated heterocycles. The lowest BCUT2D eigenvalue weighted by molar-refractivity contribution is 0.102. The molecule has 3 rings (SSSR count). The Morgan fingerprint density at radius 3 is 2.25 bits per heavy atom. The van der Waals surface area contributed by atoms with Crippen molar-refractivity contribution in [2.24, 2.45) is 0 Å². The first-order valence-corrected chi connectivity index (χ1v) is 8.78. The van der Waals surface area contributed by atoms with Gasteiger partial charge in [-0.2, -0.15) is 0 Å². The summed E-state index contributed by atoms with van der Waals surface area (Å²) in [5.41, 5.74) is 2.38. The minimum Gasteiger partial charge on any atom is -0.493 e. The molecule has 28 heavy (non-hydrogen) atoms. The van der Waals surface area contributed by atoms with Crippen LogP contribution in [0.5, 0.6) is 17.2 Å². The highest BCUT2D eigenvalue weighted by Gasteiger charge is 2.17. The highest BCUT2D eigenvalue weighted by atomic mass is 16.5. The van der Waals surface area contributed by atoms with Crippen LogP contribution in [0.3, 0.4) is 0 Å². The standard InChI is InChI=1S/C21H22N2O5/c1-5-12-10-19(24)23-16-11-14(6-7-15(12)16)22-21(25)13-8-17(26-2)20(28-4)18(9-13)27-3/h6-11H,5H2,1-4H3,(H,22,25)(H,23,24). The van der Waals surface area contributed by atoms with E-state index >= 15 is 0 Å². The summed E-state index contributed by atoms with van der Waals surface area (Å²) in [6.45, 7) is 1.99. The van der Waals surface area contributed by atoms with Crippen molar-refractivity contribution >= 4 is 22.5 Å². The highest BCUT2D eigenvalue weighted by molar-refractivity contribution is 6.06. The number of nitrogens with one attached hydrogen (secondary N) is 2. The number of methoxy groups -OCH3 is 3. The zero-order valence-electron chi connectivity index (χ0n) is 16.2. The predicted molar refractivity (Wildman–Crippen MR) is 108 cm³/mol. The van der Waals surface area contributed by atoms with Crippen LogP contribution >= 0.6 is 0 Å². The summed E-state index contributed by atoms with van der Waals surface area (Å²) in [5, 5.41) is 3.79. The van der Waals surface area contributed by atoms with Gasteiger partial charge in [-0.1, -0.05) is 13.0 Å². The molecule has 0 spiro atoms. The van der Waals surface area contributed by atoms with Crippen molar-refractivity contribution in [1.29, 1.82) is 0 Å². The SMILES string of the molecule is CCc1cc(=O)[nH]c2cc(NC(=O)c3cc(OC)c(OC)c(OC)c3)ccc12. The second kappa shape index (κ2) is 8.04. The van der Waals surface area contributed by atoms with Crippen LogP contribution in [0.15, 0.2) is 41.2 Å². The van der Waals surface area contributed by atoms with Gasteiger partial charge in [0.2, 0.25) is 11.3 Å². The molecular formula is C21H22N2O5. The maximum atomic E-state index is 12.7. The van der Waals surface area contributed by atoms with E-state index in [4.69, 9.17) is 14.2 Å². The minimum absolute atomic E-state index is 0.169. The average Bonchev–Trinajstić information content (AvgIpc) is 2.71. The normalized spacial score (nSPS) is 10.6. The summed E-state index contributed by atoms with van der Waals surface area (Å²) in [6.07, 6.45) is 0.748. The van der Waals surface area contributed by atoms with Crippen LogP contribution in [-0.2, 0) is 6.42 Å². The largest absolute Gasteiger partial charge is 0.493 e. The highest BCUT2D eigenvalue weighted by Crippen LogP contribution is 2.38.